The molecule has 0 saturated carbocycles. The third-order valence-corrected chi connectivity index (χ3v) is 6.64. The molecular formula is C31H30N4O3. The van der Waals surface area contributed by atoms with Gasteiger partial charge in [-0.25, -0.2) is 9.97 Å². The maximum Gasteiger partial charge on any atom is 0.141 e. The molecule has 1 unspecified atom stereocenters. The molecule has 0 spiro atoms. The normalized spacial score (nSPS) is 15.1. The van der Waals surface area contributed by atoms with Gasteiger partial charge in [-0.2, -0.15) is 0 Å². The van der Waals surface area contributed by atoms with Crippen molar-refractivity contribution in [1.29, 1.82) is 0 Å². The molecule has 6 rings (SSSR count). The van der Waals surface area contributed by atoms with Gasteiger partial charge < -0.3 is 24.5 Å². The summed E-state index contributed by atoms with van der Waals surface area (Å²) in [6, 6.07) is 28.1. The molecule has 3 heterocycles. The predicted octanol–water partition coefficient (Wildman–Crippen LogP) is 6.48. The van der Waals surface area contributed by atoms with E-state index in [0.29, 0.717) is 19.3 Å². The first-order valence-electron chi connectivity index (χ1n) is 13.0. The van der Waals surface area contributed by atoms with Crippen LogP contribution in [0, 0.1) is 0 Å². The number of nitrogens with one attached hydrogen (secondary N) is 2. The van der Waals surface area contributed by atoms with Crippen molar-refractivity contribution in [2.24, 2.45) is 0 Å². The molecule has 5 aromatic rings. The van der Waals surface area contributed by atoms with Crippen LogP contribution < -0.4 is 15.4 Å². The van der Waals surface area contributed by atoms with Crippen LogP contribution in [-0.4, -0.2) is 29.2 Å². The molecule has 7 heteroatoms. The number of benzene rings is 3. The number of furan rings is 1. The zero-order valence-corrected chi connectivity index (χ0v) is 21.1. The summed E-state index contributed by atoms with van der Waals surface area (Å²) in [6.45, 7) is 2.92. The molecule has 38 heavy (non-hydrogen) atoms. The number of fused-ring (bicyclic) bond motifs is 1. The van der Waals surface area contributed by atoms with Crippen LogP contribution in [0.15, 0.2) is 95.7 Å². The van der Waals surface area contributed by atoms with E-state index in [9.17, 15) is 0 Å². The SMILES string of the molecule is c1ccc(COc2ccc(Nc3ncnc4ccc(-c5ccc(CNCC6CCCO6)o5)cc34)cc2)cc1. The van der Waals surface area contributed by atoms with Crippen molar-refractivity contribution < 1.29 is 13.9 Å². The average molecular weight is 507 g/mol. The highest BCUT2D eigenvalue weighted by Gasteiger charge is 2.15. The van der Waals surface area contributed by atoms with Gasteiger partial charge in [-0.3, -0.25) is 0 Å². The third-order valence-electron chi connectivity index (χ3n) is 6.64. The molecule has 1 atom stereocenters. The van der Waals surface area contributed by atoms with Gasteiger partial charge in [0.15, 0.2) is 0 Å². The average Bonchev–Trinajstić information content (AvgIpc) is 3.66. The van der Waals surface area contributed by atoms with Gasteiger partial charge in [0.2, 0.25) is 0 Å². The Balaban J connectivity index is 1.13. The Hall–Kier alpha value is -4.20. The van der Waals surface area contributed by atoms with E-state index in [-0.39, 0.29) is 0 Å². The lowest BCUT2D eigenvalue weighted by atomic mass is 10.1. The van der Waals surface area contributed by atoms with Gasteiger partial charge in [-0.05, 0) is 73.0 Å². The van der Waals surface area contributed by atoms with Gasteiger partial charge in [-0.15, -0.1) is 0 Å². The number of aromatic nitrogens is 2. The fraction of sp³-hybridized carbons (Fsp3) is 0.226. The minimum atomic E-state index is 0.314. The summed E-state index contributed by atoms with van der Waals surface area (Å²) in [5.74, 6) is 3.26. The van der Waals surface area contributed by atoms with Gasteiger partial charge >= 0.3 is 0 Å². The van der Waals surface area contributed by atoms with E-state index in [1.165, 1.54) is 0 Å². The van der Waals surface area contributed by atoms with E-state index in [1.54, 1.807) is 6.33 Å². The molecule has 1 fully saturated rings. The van der Waals surface area contributed by atoms with Crippen LogP contribution in [0.1, 0.15) is 24.2 Å². The van der Waals surface area contributed by atoms with E-state index in [2.05, 4.69) is 38.8 Å². The first kappa shape index (κ1) is 24.2. The fourth-order valence-electron chi connectivity index (χ4n) is 4.61. The lowest BCUT2D eigenvalue weighted by Crippen LogP contribution is -2.25. The maximum absolute atomic E-state index is 6.13. The largest absolute Gasteiger partial charge is 0.489 e. The van der Waals surface area contributed by atoms with E-state index in [4.69, 9.17) is 13.9 Å². The lowest BCUT2D eigenvalue weighted by Gasteiger charge is -2.11. The Morgan fingerprint density at radius 1 is 0.921 bits per heavy atom. The minimum Gasteiger partial charge on any atom is -0.489 e. The van der Waals surface area contributed by atoms with Crippen LogP contribution in [0.4, 0.5) is 11.5 Å². The van der Waals surface area contributed by atoms with Crippen molar-refractivity contribution in [1.82, 2.24) is 15.3 Å². The van der Waals surface area contributed by atoms with E-state index in [0.717, 1.165) is 76.8 Å². The van der Waals surface area contributed by atoms with Crippen molar-refractivity contribution in [3.8, 4) is 17.1 Å². The van der Waals surface area contributed by atoms with Crippen LogP contribution in [0.2, 0.25) is 0 Å². The molecule has 0 amide bonds. The highest BCUT2D eigenvalue weighted by molar-refractivity contribution is 5.93. The highest BCUT2D eigenvalue weighted by Crippen LogP contribution is 2.30. The number of anilines is 2. The molecule has 1 aliphatic heterocycles. The Morgan fingerprint density at radius 2 is 1.82 bits per heavy atom. The van der Waals surface area contributed by atoms with Crippen LogP contribution >= 0.6 is 0 Å². The maximum atomic E-state index is 6.13. The summed E-state index contributed by atoms with van der Waals surface area (Å²) in [5.41, 5.74) is 3.89. The lowest BCUT2D eigenvalue weighted by molar-refractivity contribution is 0.109. The summed E-state index contributed by atoms with van der Waals surface area (Å²) in [6.07, 6.45) is 4.16. The van der Waals surface area contributed by atoms with Crippen LogP contribution in [0.25, 0.3) is 22.2 Å². The zero-order chi connectivity index (χ0) is 25.6. The first-order valence-corrected chi connectivity index (χ1v) is 13.0. The molecule has 1 aliphatic rings. The number of nitrogens with zero attached hydrogens (tertiary/aromatic N) is 2. The van der Waals surface area contributed by atoms with Crippen molar-refractivity contribution >= 4 is 22.4 Å². The van der Waals surface area contributed by atoms with Gasteiger partial charge in [0, 0.05) is 29.8 Å². The third kappa shape index (κ3) is 5.85. The monoisotopic (exact) mass is 506 g/mol. The van der Waals surface area contributed by atoms with Gasteiger partial charge in [0.1, 0.15) is 36.0 Å². The van der Waals surface area contributed by atoms with Gasteiger partial charge in [-0.1, -0.05) is 30.3 Å². The van der Waals surface area contributed by atoms with Crippen molar-refractivity contribution in [3.63, 3.8) is 0 Å². The number of hydrogen-bond acceptors (Lipinski definition) is 7. The standard InChI is InChI=1S/C31H30N4O3/c1-2-5-22(6-3-1)20-37-25-11-9-24(10-12-25)35-31-28-17-23(8-14-29(28)33-21-34-31)30-15-13-27(38-30)19-32-18-26-7-4-16-36-26/h1-3,5-6,8-15,17,21,26,32H,4,7,16,18-20H2,(H,33,34,35). The molecule has 0 aliphatic carbocycles. The molecule has 1 saturated heterocycles. The topological polar surface area (TPSA) is 81.4 Å². The summed E-state index contributed by atoms with van der Waals surface area (Å²) in [4.78, 5) is 8.96. The Labute approximate surface area is 221 Å². The number of hydrogen-bond donors (Lipinski definition) is 2. The quantitative estimate of drug-likeness (QED) is 0.224. The summed E-state index contributed by atoms with van der Waals surface area (Å²) >= 11 is 0. The molecule has 0 bridgehead atoms. The molecule has 3 aromatic carbocycles. The Kier molecular flexibility index (Phi) is 7.28. The predicted molar refractivity (Wildman–Crippen MR) is 148 cm³/mol. The first-order chi connectivity index (χ1) is 18.8. The second kappa shape index (κ2) is 11.5. The van der Waals surface area contributed by atoms with Gasteiger partial charge in [0.05, 0.1) is 18.2 Å². The Bertz CT molecular complexity index is 1480. The minimum absolute atomic E-state index is 0.314. The van der Waals surface area contributed by atoms with Gasteiger partial charge in [0.25, 0.3) is 0 Å². The second-order valence-corrected chi connectivity index (χ2v) is 9.41. The fourth-order valence-corrected chi connectivity index (χ4v) is 4.61. The number of rotatable bonds is 10. The summed E-state index contributed by atoms with van der Waals surface area (Å²) < 4.78 is 17.7. The van der Waals surface area contributed by atoms with Crippen LogP contribution in [0.3, 0.4) is 0 Å². The molecular weight excluding hydrogens is 476 g/mol. The smallest absolute Gasteiger partial charge is 0.141 e. The van der Waals surface area contributed by atoms with E-state index < -0.39 is 0 Å². The molecule has 2 aromatic heterocycles. The molecule has 7 nitrogen and oxygen atoms in total. The molecule has 2 N–H and O–H groups in total. The van der Waals surface area contributed by atoms with E-state index in [1.807, 2.05) is 66.7 Å². The van der Waals surface area contributed by atoms with Crippen LogP contribution in [-0.2, 0) is 17.9 Å². The number of ether oxygens (including phenoxy) is 2. The molecule has 0 radical (unpaired) electrons. The van der Waals surface area contributed by atoms with Crippen molar-refractivity contribution in [3.05, 3.63) is 103 Å². The van der Waals surface area contributed by atoms with Crippen LogP contribution in [0.5, 0.6) is 5.75 Å². The summed E-state index contributed by atoms with van der Waals surface area (Å²) in [7, 11) is 0. The second-order valence-electron chi connectivity index (χ2n) is 9.41. The zero-order valence-electron chi connectivity index (χ0n) is 21.1. The van der Waals surface area contributed by atoms with E-state index >= 15 is 0 Å². The highest BCUT2D eigenvalue weighted by atomic mass is 16.5. The summed E-state index contributed by atoms with van der Waals surface area (Å²) in [5, 5.41) is 7.78. The Morgan fingerprint density at radius 3 is 2.66 bits per heavy atom. The molecule has 192 valence electrons. The van der Waals surface area contributed by atoms with Crippen molar-refractivity contribution in [2.45, 2.75) is 32.1 Å². The van der Waals surface area contributed by atoms with Crippen molar-refractivity contribution in [2.75, 3.05) is 18.5 Å².